The Morgan fingerprint density at radius 3 is 2.33 bits per heavy atom. The summed E-state index contributed by atoms with van der Waals surface area (Å²) in [6, 6.07) is 9.91. The van der Waals surface area contributed by atoms with Crippen LogP contribution < -0.4 is 4.57 Å². The molecule has 0 radical (unpaired) electrons. The molecule has 2 rings (SSSR count). The van der Waals surface area contributed by atoms with E-state index in [0.717, 1.165) is 22.3 Å². The van der Waals surface area contributed by atoms with Gasteiger partial charge in [0.1, 0.15) is 6.42 Å². The van der Waals surface area contributed by atoms with Gasteiger partial charge < -0.3 is 10.2 Å². The van der Waals surface area contributed by atoms with Crippen LogP contribution in [0.2, 0.25) is 0 Å². The van der Waals surface area contributed by atoms with Gasteiger partial charge in [0.25, 0.3) is 0 Å². The number of aliphatic imine (C=N–C) groups is 1. The molecule has 27 heavy (non-hydrogen) atoms. The van der Waals surface area contributed by atoms with E-state index in [4.69, 9.17) is 10.2 Å². The van der Waals surface area contributed by atoms with Crippen LogP contribution in [0.5, 0.6) is 0 Å². The van der Waals surface area contributed by atoms with E-state index in [1.54, 1.807) is 6.21 Å². The number of aryl methyl sites for hydroxylation is 1. The second kappa shape index (κ2) is 10.0. The number of aliphatic carboxylic acids is 2. The van der Waals surface area contributed by atoms with Gasteiger partial charge in [0.15, 0.2) is 18.9 Å². The fourth-order valence-corrected chi connectivity index (χ4v) is 2.54. The van der Waals surface area contributed by atoms with E-state index in [2.05, 4.69) is 11.1 Å². The van der Waals surface area contributed by atoms with Crippen LogP contribution in [0.4, 0.5) is 0 Å². The van der Waals surface area contributed by atoms with E-state index in [0.29, 0.717) is 6.54 Å². The molecule has 0 unspecified atom stereocenters. The quantitative estimate of drug-likeness (QED) is 0.526. The third-order valence-corrected chi connectivity index (χ3v) is 3.93. The summed E-state index contributed by atoms with van der Waals surface area (Å²) in [5, 5.41) is 17.4. The lowest BCUT2D eigenvalue weighted by Gasteiger charge is -2.06. The van der Waals surface area contributed by atoms with Gasteiger partial charge in [-0.05, 0) is 35.2 Å². The largest absolute Gasteiger partial charge is 0.481 e. The van der Waals surface area contributed by atoms with Gasteiger partial charge >= 0.3 is 11.9 Å². The lowest BCUT2D eigenvalue weighted by Crippen LogP contribution is -2.33. The number of carboxylic acids is 2. The molecule has 0 aliphatic rings. The first kappa shape index (κ1) is 20.0. The van der Waals surface area contributed by atoms with Gasteiger partial charge in [-0.2, -0.15) is 0 Å². The third-order valence-electron chi connectivity index (χ3n) is 3.93. The molecule has 1 aromatic carbocycles. The van der Waals surface area contributed by atoms with Crippen molar-refractivity contribution >= 4 is 24.2 Å². The molecule has 1 aromatic heterocycles. The van der Waals surface area contributed by atoms with Crippen LogP contribution in [0.25, 0.3) is 17.2 Å². The summed E-state index contributed by atoms with van der Waals surface area (Å²) in [4.78, 5) is 25.4. The van der Waals surface area contributed by atoms with Crippen LogP contribution in [0.1, 0.15) is 30.9 Å². The summed E-state index contributed by atoms with van der Waals surface area (Å²) in [7, 11) is 0. The lowest BCUT2D eigenvalue weighted by atomic mass is 10.00. The second-order valence-corrected chi connectivity index (χ2v) is 5.99. The minimum absolute atomic E-state index is 0.0133. The van der Waals surface area contributed by atoms with Crippen LogP contribution in [0.15, 0.2) is 53.8 Å². The second-order valence-electron chi connectivity index (χ2n) is 5.99. The summed E-state index contributed by atoms with van der Waals surface area (Å²) >= 11 is 0. The monoisotopic (exact) mass is 367 g/mol. The Balaban J connectivity index is 2.19. The van der Waals surface area contributed by atoms with Crippen molar-refractivity contribution in [2.75, 3.05) is 6.54 Å². The number of aromatic nitrogens is 1. The number of benzene rings is 1. The first-order valence-electron chi connectivity index (χ1n) is 8.69. The molecule has 0 saturated carbocycles. The highest BCUT2D eigenvalue weighted by Gasteiger charge is 2.07. The molecule has 0 amide bonds. The van der Waals surface area contributed by atoms with E-state index in [9.17, 15) is 9.59 Å². The average molecular weight is 367 g/mol. The number of rotatable bonds is 9. The smallest absolute Gasteiger partial charge is 0.309 e. The normalized spacial score (nSPS) is 11.3. The van der Waals surface area contributed by atoms with Crippen LogP contribution in [0, 0.1) is 0 Å². The topological polar surface area (TPSA) is 90.8 Å². The number of hydrogen-bond acceptors (Lipinski definition) is 3. The Morgan fingerprint density at radius 2 is 1.70 bits per heavy atom. The number of pyridine rings is 1. The first-order valence-corrected chi connectivity index (χ1v) is 8.69. The molecule has 0 bridgehead atoms. The summed E-state index contributed by atoms with van der Waals surface area (Å²) in [5.74, 6) is -1.68. The Hall–Kier alpha value is -3.28. The van der Waals surface area contributed by atoms with Gasteiger partial charge in [-0.3, -0.25) is 14.6 Å². The summed E-state index contributed by atoms with van der Waals surface area (Å²) in [5.41, 5.74) is 3.99. The summed E-state index contributed by atoms with van der Waals surface area (Å²) in [6.45, 7) is 2.62. The maximum Gasteiger partial charge on any atom is 0.309 e. The van der Waals surface area contributed by atoms with Gasteiger partial charge in [-0.25, -0.2) is 4.57 Å². The number of hydrogen-bond donors (Lipinski definition) is 2. The van der Waals surface area contributed by atoms with Gasteiger partial charge in [-0.1, -0.05) is 24.3 Å². The van der Waals surface area contributed by atoms with E-state index in [-0.39, 0.29) is 19.4 Å². The summed E-state index contributed by atoms with van der Waals surface area (Å²) in [6.07, 6.45) is 9.47. The van der Waals surface area contributed by atoms with E-state index in [1.165, 1.54) is 0 Å². The van der Waals surface area contributed by atoms with Gasteiger partial charge in [0.2, 0.25) is 0 Å². The molecule has 2 N–H and O–H groups in total. The molecule has 1 heterocycles. The Morgan fingerprint density at radius 1 is 1.00 bits per heavy atom. The molecule has 2 aromatic rings. The van der Waals surface area contributed by atoms with Crippen molar-refractivity contribution in [1.82, 2.24) is 0 Å². The molecule has 0 saturated heterocycles. The number of allylic oxidation sites excluding steroid dienone is 1. The molecule has 0 aliphatic carbocycles. The maximum atomic E-state index is 10.7. The zero-order valence-corrected chi connectivity index (χ0v) is 15.2. The highest BCUT2D eigenvalue weighted by molar-refractivity contribution is 5.87. The van der Waals surface area contributed by atoms with Crippen molar-refractivity contribution < 1.29 is 24.4 Å². The average Bonchev–Trinajstić information content (AvgIpc) is 2.65. The van der Waals surface area contributed by atoms with E-state index >= 15 is 0 Å². The molecule has 0 fully saturated rings. The zero-order valence-electron chi connectivity index (χ0n) is 15.2. The zero-order chi connectivity index (χ0) is 19.6. The molecule has 6 nitrogen and oxygen atoms in total. The fourth-order valence-electron chi connectivity index (χ4n) is 2.54. The predicted molar refractivity (Wildman–Crippen MR) is 104 cm³/mol. The van der Waals surface area contributed by atoms with Crippen molar-refractivity contribution in [3.8, 4) is 11.1 Å². The van der Waals surface area contributed by atoms with Gasteiger partial charge in [0, 0.05) is 24.9 Å². The number of nitrogens with zero attached hydrogens (tertiary/aromatic N) is 2. The van der Waals surface area contributed by atoms with Gasteiger partial charge in [0.05, 0.1) is 6.42 Å². The third kappa shape index (κ3) is 6.51. The first-order chi connectivity index (χ1) is 13.0. The molecule has 0 spiro atoms. The van der Waals surface area contributed by atoms with Crippen molar-refractivity contribution in [3.63, 3.8) is 0 Å². The minimum atomic E-state index is -0.860. The highest BCUT2D eigenvalue weighted by atomic mass is 16.4. The predicted octanol–water partition coefficient (Wildman–Crippen LogP) is 3.04. The SMILES string of the molecule is C/C=C\c1cc(-c2cc[n+](CCC(=O)O)cc2)ccc1/C=N/CCC(=O)O. The minimum Gasteiger partial charge on any atom is -0.481 e. The molecule has 140 valence electrons. The lowest BCUT2D eigenvalue weighted by molar-refractivity contribution is -0.695. The van der Waals surface area contributed by atoms with Crippen molar-refractivity contribution in [2.24, 2.45) is 4.99 Å². The van der Waals surface area contributed by atoms with Crippen LogP contribution in [0.3, 0.4) is 0 Å². The fraction of sp³-hybridized carbons (Fsp3) is 0.238. The molecular weight excluding hydrogens is 344 g/mol. The number of carbonyl (C=O) groups is 2. The van der Waals surface area contributed by atoms with Gasteiger partial charge in [-0.15, -0.1) is 0 Å². The molecule has 0 aliphatic heterocycles. The standard InChI is InChI=1S/C21H22N2O4/c1-2-3-17-14-18(4-5-19(17)15-22-10-6-20(24)25)16-7-11-23(12-8-16)13-9-21(26)27/h2-5,7-8,11-12,14-15H,6,9-10,13H2,1H3,(H-,24,25,26,27)/p+1/b3-2-,22-15+. The highest BCUT2D eigenvalue weighted by Crippen LogP contribution is 2.22. The maximum absolute atomic E-state index is 10.7. The van der Waals surface area contributed by atoms with Crippen molar-refractivity contribution in [2.45, 2.75) is 26.3 Å². The van der Waals surface area contributed by atoms with E-state index in [1.807, 2.05) is 60.3 Å². The molecule has 6 heteroatoms. The number of carboxylic acid groups (broad SMARTS) is 2. The van der Waals surface area contributed by atoms with Crippen molar-refractivity contribution in [3.05, 3.63) is 59.9 Å². The van der Waals surface area contributed by atoms with Crippen LogP contribution in [-0.2, 0) is 16.1 Å². The molecular formula is C21H23N2O4+. The Kier molecular flexibility index (Phi) is 7.43. The van der Waals surface area contributed by atoms with Crippen molar-refractivity contribution in [1.29, 1.82) is 0 Å². The molecule has 0 atom stereocenters. The summed E-state index contributed by atoms with van der Waals surface area (Å²) < 4.78 is 1.84. The van der Waals surface area contributed by atoms with Crippen LogP contribution in [-0.4, -0.2) is 34.9 Å². The van der Waals surface area contributed by atoms with E-state index < -0.39 is 11.9 Å². The van der Waals surface area contributed by atoms with Crippen LogP contribution >= 0.6 is 0 Å². The Labute approximate surface area is 158 Å². The Bertz CT molecular complexity index is 855.